The number of nitrogens with zero attached hydrogens (tertiary/aromatic N) is 1. The van der Waals surface area contributed by atoms with Gasteiger partial charge in [0.1, 0.15) is 11.4 Å². The summed E-state index contributed by atoms with van der Waals surface area (Å²) in [5.41, 5.74) is 9.37. The van der Waals surface area contributed by atoms with Crippen LogP contribution >= 0.6 is 0 Å². The topological polar surface area (TPSA) is 96.5 Å². The summed E-state index contributed by atoms with van der Waals surface area (Å²) in [6.45, 7) is 5.63. The molecule has 1 aliphatic rings. The number of nitrogen functional groups attached to an aromatic ring is 1. The van der Waals surface area contributed by atoms with Crippen LogP contribution in [-0.2, 0) is 22.4 Å². The number of esters is 1. The van der Waals surface area contributed by atoms with E-state index in [1.54, 1.807) is 36.2 Å². The largest absolute Gasteiger partial charge is 0.460 e. The Bertz CT molecular complexity index is 990. The number of ether oxygens (including phenoxy) is 1. The molecule has 3 rings (SSSR count). The standard InChI is InChI=1S/C25H31N3O3/c1-25(2,3)31-22(29)14-16-5-6-17-7-8-19(15-20(17)13-16)24(30)28(4)21-11-9-18(10-12-21)23(26)27/h7-12,15-16H,5-6,13-14H2,1-4H3,(H3,26,27). The normalized spacial score (nSPS) is 15.7. The lowest BCUT2D eigenvalue weighted by Gasteiger charge is -2.27. The van der Waals surface area contributed by atoms with E-state index in [4.69, 9.17) is 15.9 Å². The summed E-state index contributed by atoms with van der Waals surface area (Å²) in [6.07, 6.45) is 3.02. The van der Waals surface area contributed by atoms with Gasteiger partial charge in [-0.05, 0) is 93.5 Å². The molecule has 164 valence electrons. The molecular weight excluding hydrogens is 390 g/mol. The van der Waals surface area contributed by atoms with E-state index in [1.165, 1.54) is 5.56 Å². The molecule has 2 aromatic carbocycles. The van der Waals surface area contributed by atoms with Crippen molar-refractivity contribution in [2.45, 2.75) is 52.1 Å². The number of hydrogen-bond acceptors (Lipinski definition) is 4. The fraction of sp³-hybridized carbons (Fsp3) is 0.400. The highest BCUT2D eigenvalue weighted by Gasteiger charge is 2.25. The van der Waals surface area contributed by atoms with Gasteiger partial charge in [-0.25, -0.2) is 0 Å². The zero-order chi connectivity index (χ0) is 22.8. The Kier molecular flexibility index (Phi) is 6.48. The van der Waals surface area contributed by atoms with Gasteiger partial charge in [0.25, 0.3) is 5.91 Å². The van der Waals surface area contributed by atoms with Crippen LogP contribution < -0.4 is 10.6 Å². The Morgan fingerprint density at radius 2 is 1.74 bits per heavy atom. The number of hydrogen-bond donors (Lipinski definition) is 2. The third-order valence-electron chi connectivity index (χ3n) is 5.53. The summed E-state index contributed by atoms with van der Waals surface area (Å²) in [7, 11) is 1.73. The number of aryl methyl sites for hydroxylation is 1. The molecule has 0 aliphatic heterocycles. The molecule has 6 heteroatoms. The number of fused-ring (bicyclic) bond motifs is 1. The number of carbonyl (C=O) groups is 2. The third-order valence-corrected chi connectivity index (χ3v) is 5.53. The van der Waals surface area contributed by atoms with E-state index in [2.05, 4.69) is 0 Å². The van der Waals surface area contributed by atoms with E-state index in [1.807, 2.05) is 39.0 Å². The summed E-state index contributed by atoms with van der Waals surface area (Å²) in [4.78, 5) is 26.9. The zero-order valence-electron chi connectivity index (χ0n) is 18.7. The van der Waals surface area contributed by atoms with Gasteiger partial charge in [-0.15, -0.1) is 0 Å². The second-order valence-corrected chi connectivity index (χ2v) is 9.21. The molecule has 1 aliphatic carbocycles. The predicted octanol–water partition coefficient (Wildman–Crippen LogP) is 4.08. The minimum absolute atomic E-state index is 0.00356. The Balaban J connectivity index is 1.71. The number of nitrogens with two attached hydrogens (primary N) is 1. The molecule has 31 heavy (non-hydrogen) atoms. The molecule has 0 saturated carbocycles. The molecule has 0 saturated heterocycles. The Labute approximate surface area is 183 Å². The van der Waals surface area contributed by atoms with Crippen LogP contribution in [0.4, 0.5) is 5.69 Å². The number of amidine groups is 1. The molecule has 1 atom stereocenters. The number of amides is 1. The highest BCUT2D eigenvalue weighted by Crippen LogP contribution is 2.30. The van der Waals surface area contributed by atoms with Crippen molar-refractivity contribution in [2.24, 2.45) is 11.7 Å². The van der Waals surface area contributed by atoms with E-state index >= 15 is 0 Å². The number of benzene rings is 2. The van der Waals surface area contributed by atoms with Crippen LogP contribution in [-0.4, -0.2) is 30.4 Å². The summed E-state index contributed by atoms with van der Waals surface area (Å²) in [6, 6.07) is 12.9. The summed E-state index contributed by atoms with van der Waals surface area (Å²) in [5, 5.41) is 7.49. The van der Waals surface area contributed by atoms with E-state index in [0.717, 1.165) is 30.5 Å². The van der Waals surface area contributed by atoms with Crippen molar-refractivity contribution >= 4 is 23.4 Å². The minimum Gasteiger partial charge on any atom is -0.460 e. The second kappa shape index (κ2) is 8.92. The first kappa shape index (κ1) is 22.5. The number of carbonyl (C=O) groups excluding carboxylic acids is 2. The van der Waals surface area contributed by atoms with Gasteiger partial charge in [-0.3, -0.25) is 15.0 Å². The summed E-state index contributed by atoms with van der Waals surface area (Å²) < 4.78 is 5.47. The lowest BCUT2D eigenvalue weighted by molar-refractivity contribution is -0.156. The Morgan fingerprint density at radius 1 is 1.10 bits per heavy atom. The fourth-order valence-corrected chi connectivity index (χ4v) is 3.93. The van der Waals surface area contributed by atoms with Crippen molar-refractivity contribution in [3.05, 3.63) is 64.7 Å². The SMILES string of the molecule is CN(C(=O)c1ccc2c(c1)CC(CC(=O)OC(C)(C)C)CC2)c1ccc(C(=N)N)cc1. The van der Waals surface area contributed by atoms with Crippen LogP contribution in [0.15, 0.2) is 42.5 Å². The third kappa shape index (κ3) is 5.72. The lowest BCUT2D eigenvalue weighted by Crippen LogP contribution is -2.28. The molecule has 0 aromatic heterocycles. The first-order valence-corrected chi connectivity index (χ1v) is 10.6. The maximum Gasteiger partial charge on any atom is 0.306 e. The smallest absolute Gasteiger partial charge is 0.306 e. The monoisotopic (exact) mass is 421 g/mol. The summed E-state index contributed by atoms with van der Waals surface area (Å²) in [5.74, 6) is -0.0460. The number of rotatable bonds is 5. The number of anilines is 1. The summed E-state index contributed by atoms with van der Waals surface area (Å²) >= 11 is 0. The van der Waals surface area contributed by atoms with Crippen LogP contribution in [0, 0.1) is 11.3 Å². The van der Waals surface area contributed by atoms with Gasteiger partial charge in [0, 0.05) is 30.3 Å². The van der Waals surface area contributed by atoms with Crippen molar-refractivity contribution in [1.82, 2.24) is 0 Å². The quantitative estimate of drug-likeness (QED) is 0.432. The van der Waals surface area contributed by atoms with Crippen LogP contribution in [0.2, 0.25) is 0 Å². The Morgan fingerprint density at radius 3 is 2.35 bits per heavy atom. The number of nitrogens with one attached hydrogen (secondary N) is 1. The van der Waals surface area contributed by atoms with Crippen LogP contribution in [0.3, 0.4) is 0 Å². The molecule has 6 nitrogen and oxygen atoms in total. The van der Waals surface area contributed by atoms with Crippen LogP contribution in [0.25, 0.3) is 0 Å². The minimum atomic E-state index is -0.476. The molecule has 3 N–H and O–H groups in total. The molecule has 2 aromatic rings. The molecule has 1 amide bonds. The fourth-order valence-electron chi connectivity index (χ4n) is 3.93. The molecule has 0 spiro atoms. The van der Waals surface area contributed by atoms with Gasteiger partial charge in [-0.2, -0.15) is 0 Å². The Hall–Kier alpha value is -3.15. The van der Waals surface area contributed by atoms with Gasteiger partial charge < -0.3 is 15.4 Å². The van der Waals surface area contributed by atoms with Crippen molar-refractivity contribution < 1.29 is 14.3 Å². The molecule has 0 bridgehead atoms. The highest BCUT2D eigenvalue weighted by atomic mass is 16.6. The van der Waals surface area contributed by atoms with Crippen molar-refractivity contribution in [1.29, 1.82) is 5.41 Å². The molecule has 0 radical (unpaired) electrons. The van der Waals surface area contributed by atoms with E-state index in [9.17, 15) is 9.59 Å². The van der Waals surface area contributed by atoms with Gasteiger partial charge in [0.05, 0.1) is 0 Å². The average Bonchev–Trinajstić information content (AvgIpc) is 2.70. The molecule has 0 heterocycles. The van der Waals surface area contributed by atoms with Gasteiger partial charge >= 0.3 is 5.97 Å². The lowest BCUT2D eigenvalue weighted by atomic mass is 9.81. The van der Waals surface area contributed by atoms with Crippen molar-refractivity contribution in [3.8, 4) is 0 Å². The average molecular weight is 422 g/mol. The molecular formula is C25H31N3O3. The maximum absolute atomic E-state index is 13.1. The zero-order valence-corrected chi connectivity index (χ0v) is 18.7. The van der Waals surface area contributed by atoms with E-state index < -0.39 is 5.60 Å². The van der Waals surface area contributed by atoms with Gasteiger partial charge in [-0.1, -0.05) is 6.07 Å². The maximum atomic E-state index is 13.1. The van der Waals surface area contributed by atoms with E-state index in [0.29, 0.717) is 17.5 Å². The van der Waals surface area contributed by atoms with Crippen molar-refractivity contribution in [3.63, 3.8) is 0 Å². The first-order chi connectivity index (χ1) is 14.5. The molecule has 1 unspecified atom stereocenters. The second-order valence-electron chi connectivity index (χ2n) is 9.21. The van der Waals surface area contributed by atoms with Crippen LogP contribution in [0.1, 0.15) is 60.7 Å². The first-order valence-electron chi connectivity index (χ1n) is 10.6. The van der Waals surface area contributed by atoms with Crippen LogP contribution in [0.5, 0.6) is 0 Å². The van der Waals surface area contributed by atoms with E-state index in [-0.39, 0.29) is 23.6 Å². The molecule has 0 fully saturated rings. The van der Waals surface area contributed by atoms with Crippen molar-refractivity contribution in [2.75, 3.05) is 11.9 Å². The van der Waals surface area contributed by atoms with Gasteiger partial charge in [0.2, 0.25) is 0 Å². The highest BCUT2D eigenvalue weighted by molar-refractivity contribution is 6.06. The predicted molar refractivity (Wildman–Crippen MR) is 123 cm³/mol. The van der Waals surface area contributed by atoms with Gasteiger partial charge in [0.15, 0.2) is 0 Å².